The number of likely N-dealkylation sites (tertiary alicyclic amines) is 2. The van der Waals surface area contributed by atoms with Gasteiger partial charge in [0, 0.05) is 55.9 Å². The average Bonchev–Trinajstić information content (AvgIpc) is 3.49. The zero-order chi connectivity index (χ0) is 21.4. The molecule has 0 bridgehead atoms. The maximum absolute atomic E-state index is 12.7. The summed E-state index contributed by atoms with van der Waals surface area (Å²) in [4.78, 5) is 49.0. The van der Waals surface area contributed by atoms with Crippen LogP contribution in [0.5, 0.6) is 0 Å². The lowest BCUT2D eigenvalue weighted by atomic mass is 9.92. The number of aromatic nitrogens is 2. The molecule has 2 amide bonds. The number of H-pyrrole nitrogens is 1. The molecule has 30 heavy (non-hydrogen) atoms. The van der Waals surface area contributed by atoms with Crippen molar-refractivity contribution in [2.75, 3.05) is 26.2 Å². The molecule has 1 aromatic rings. The summed E-state index contributed by atoms with van der Waals surface area (Å²) in [7, 11) is 0. The summed E-state index contributed by atoms with van der Waals surface area (Å²) in [6, 6.07) is 1.61. The fraction of sp³-hybridized carbons (Fsp3) is 0.739. The van der Waals surface area contributed by atoms with E-state index >= 15 is 0 Å². The summed E-state index contributed by atoms with van der Waals surface area (Å²) in [6.45, 7) is 8.89. The number of carbonyl (C=O) groups is 2. The Labute approximate surface area is 178 Å². The molecule has 0 aromatic carbocycles. The van der Waals surface area contributed by atoms with E-state index in [-0.39, 0.29) is 41.0 Å². The monoisotopic (exact) mass is 414 g/mol. The van der Waals surface area contributed by atoms with Gasteiger partial charge in [0.25, 0.3) is 5.56 Å². The molecule has 2 saturated heterocycles. The molecule has 3 fully saturated rings. The van der Waals surface area contributed by atoms with Gasteiger partial charge in [0.15, 0.2) is 0 Å². The lowest BCUT2D eigenvalue weighted by molar-refractivity contribution is -0.135. The summed E-state index contributed by atoms with van der Waals surface area (Å²) < 4.78 is 0. The summed E-state index contributed by atoms with van der Waals surface area (Å²) in [5.74, 6) is 2.23. The Bertz CT molecular complexity index is 856. The van der Waals surface area contributed by atoms with Crippen LogP contribution in [0.1, 0.15) is 76.2 Å². The van der Waals surface area contributed by atoms with Crippen molar-refractivity contribution in [3.63, 3.8) is 0 Å². The van der Waals surface area contributed by atoms with Crippen LogP contribution in [-0.2, 0) is 9.59 Å². The van der Waals surface area contributed by atoms with Crippen LogP contribution in [0, 0.1) is 17.8 Å². The van der Waals surface area contributed by atoms with Crippen molar-refractivity contribution in [2.45, 2.75) is 64.7 Å². The van der Waals surface area contributed by atoms with Gasteiger partial charge >= 0.3 is 0 Å². The van der Waals surface area contributed by atoms with Crippen molar-refractivity contribution in [2.24, 2.45) is 17.8 Å². The van der Waals surface area contributed by atoms with Crippen LogP contribution in [0.25, 0.3) is 0 Å². The fourth-order valence-electron chi connectivity index (χ4n) is 4.96. The average molecular weight is 415 g/mol. The number of nitrogens with zero attached hydrogens (tertiary/aromatic N) is 3. The van der Waals surface area contributed by atoms with Gasteiger partial charge < -0.3 is 14.8 Å². The number of hydrogen-bond donors (Lipinski definition) is 1. The van der Waals surface area contributed by atoms with Crippen molar-refractivity contribution < 1.29 is 9.59 Å². The fourth-order valence-corrected chi connectivity index (χ4v) is 4.96. The third-order valence-electron chi connectivity index (χ3n) is 7.05. The van der Waals surface area contributed by atoms with Crippen LogP contribution >= 0.6 is 0 Å². The molecule has 0 spiro atoms. The minimum absolute atomic E-state index is 0.0124. The zero-order valence-corrected chi connectivity index (χ0v) is 18.4. The Hall–Kier alpha value is -2.18. The predicted octanol–water partition coefficient (Wildman–Crippen LogP) is 2.49. The van der Waals surface area contributed by atoms with Gasteiger partial charge in [-0.3, -0.25) is 14.4 Å². The molecule has 1 N–H and O–H groups in total. The van der Waals surface area contributed by atoms with E-state index < -0.39 is 0 Å². The topological polar surface area (TPSA) is 86.4 Å². The summed E-state index contributed by atoms with van der Waals surface area (Å²) in [6.07, 6.45) is 4.56. The molecule has 2 aliphatic heterocycles. The number of rotatable bonds is 4. The first-order valence-corrected chi connectivity index (χ1v) is 11.5. The quantitative estimate of drug-likeness (QED) is 0.820. The van der Waals surface area contributed by atoms with E-state index in [4.69, 9.17) is 4.98 Å². The maximum Gasteiger partial charge on any atom is 0.251 e. The lowest BCUT2D eigenvalue weighted by Crippen LogP contribution is -2.41. The second kappa shape index (κ2) is 8.52. The summed E-state index contributed by atoms with van der Waals surface area (Å²) in [5, 5.41) is 0. The van der Waals surface area contributed by atoms with E-state index in [2.05, 4.69) is 11.9 Å². The minimum atomic E-state index is -0.116. The van der Waals surface area contributed by atoms with Crippen LogP contribution in [0.3, 0.4) is 0 Å². The Morgan fingerprint density at radius 1 is 1.10 bits per heavy atom. The molecule has 0 radical (unpaired) electrons. The predicted molar refractivity (Wildman–Crippen MR) is 114 cm³/mol. The number of carbonyl (C=O) groups excluding carboxylic acids is 2. The van der Waals surface area contributed by atoms with Crippen molar-refractivity contribution in [3.05, 3.63) is 27.9 Å². The highest BCUT2D eigenvalue weighted by Crippen LogP contribution is 2.40. The third-order valence-corrected chi connectivity index (χ3v) is 7.05. The van der Waals surface area contributed by atoms with Gasteiger partial charge in [0.2, 0.25) is 11.8 Å². The molecule has 7 heteroatoms. The first-order chi connectivity index (χ1) is 14.3. The summed E-state index contributed by atoms with van der Waals surface area (Å²) >= 11 is 0. The highest BCUT2D eigenvalue weighted by Gasteiger charge is 2.42. The molecular weight excluding hydrogens is 380 g/mol. The molecule has 0 unspecified atom stereocenters. The number of nitrogens with one attached hydrogen (secondary N) is 1. The normalized spacial score (nSPS) is 27.4. The number of piperidine rings is 2. The molecule has 7 nitrogen and oxygen atoms in total. The summed E-state index contributed by atoms with van der Waals surface area (Å²) in [5.41, 5.74) is 0.700. The number of aromatic amines is 1. The van der Waals surface area contributed by atoms with Gasteiger partial charge in [0.1, 0.15) is 5.82 Å². The standard InChI is InChI=1S/C23H34N4O3/c1-14(2)22(29)26-9-6-16(7-10-26)21-24-19(12-20(28)25-21)17-5-4-8-27(13-17)23(30)18-11-15(18)3/h12,14-18H,4-11,13H2,1-3H3,(H,24,25,28)/t15-,17-,18-/m0/s1. The van der Waals surface area contributed by atoms with Gasteiger partial charge in [-0.05, 0) is 38.0 Å². The molecule has 3 atom stereocenters. The molecule has 164 valence electrons. The van der Waals surface area contributed by atoms with Crippen LogP contribution in [0.4, 0.5) is 0 Å². The van der Waals surface area contributed by atoms with E-state index in [1.165, 1.54) is 0 Å². The Morgan fingerprint density at radius 2 is 1.80 bits per heavy atom. The molecule has 1 aliphatic carbocycles. The van der Waals surface area contributed by atoms with Crippen molar-refractivity contribution in [3.8, 4) is 0 Å². The second-order valence-corrected chi connectivity index (χ2v) is 9.75. The molecule has 4 rings (SSSR count). The Kier molecular flexibility index (Phi) is 5.98. The van der Waals surface area contributed by atoms with Crippen molar-refractivity contribution >= 4 is 11.8 Å². The van der Waals surface area contributed by atoms with Crippen LogP contribution in [0.2, 0.25) is 0 Å². The van der Waals surface area contributed by atoms with E-state index in [0.717, 1.165) is 50.2 Å². The van der Waals surface area contributed by atoms with E-state index in [1.54, 1.807) is 6.07 Å². The van der Waals surface area contributed by atoms with Gasteiger partial charge in [-0.1, -0.05) is 20.8 Å². The van der Waals surface area contributed by atoms with Crippen LogP contribution < -0.4 is 5.56 Å². The van der Waals surface area contributed by atoms with E-state index in [0.29, 0.717) is 25.6 Å². The highest BCUT2D eigenvalue weighted by atomic mass is 16.2. The van der Waals surface area contributed by atoms with Crippen molar-refractivity contribution in [1.82, 2.24) is 19.8 Å². The number of amides is 2. The first-order valence-electron chi connectivity index (χ1n) is 11.5. The number of hydrogen-bond acceptors (Lipinski definition) is 4. The molecule has 3 heterocycles. The van der Waals surface area contributed by atoms with E-state index in [1.807, 2.05) is 23.6 Å². The molecular formula is C23H34N4O3. The first kappa shape index (κ1) is 21.1. The smallest absolute Gasteiger partial charge is 0.251 e. The Balaban J connectivity index is 1.44. The SMILES string of the molecule is CC(C)C(=O)N1CCC(c2nc([C@H]3CCCN(C(=O)[C@H]4C[C@@H]4C)C3)cc(=O)[nH]2)CC1. The third kappa shape index (κ3) is 4.44. The van der Waals surface area contributed by atoms with E-state index in [9.17, 15) is 14.4 Å². The molecule has 1 aromatic heterocycles. The molecule has 3 aliphatic rings. The lowest BCUT2D eigenvalue weighted by Gasteiger charge is -2.34. The highest BCUT2D eigenvalue weighted by molar-refractivity contribution is 5.81. The zero-order valence-electron chi connectivity index (χ0n) is 18.4. The van der Waals surface area contributed by atoms with Gasteiger partial charge in [-0.2, -0.15) is 0 Å². The van der Waals surface area contributed by atoms with Gasteiger partial charge in [-0.15, -0.1) is 0 Å². The van der Waals surface area contributed by atoms with Gasteiger partial charge in [0.05, 0.1) is 5.69 Å². The van der Waals surface area contributed by atoms with Crippen molar-refractivity contribution in [1.29, 1.82) is 0 Å². The van der Waals surface area contributed by atoms with Crippen LogP contribution in [0.15, 0.2) is 10.9 Å². The van der Waals surface area contributed by atoms with Gasteiger partial charge in [-0.25, -0.2) is 4.98 Å². The second-order valence-electron chi connectivity index (χ2n) is 9.75. The van der Waals surface area contributed by atoms with Crippen LogP contribution in [-0.4, -0.2) is 57.8 Å². The molecule has 1 saturated carbocycles. The largest absolute Gasteiger partial charge is 0.342 e. The Morgan fingerprint density at radius 3 is 2.43 bits per heavy atom. The minimum Gasteiger partial charge on any atom is -0.342 e. The maximum atomic E-state index is 12.7.